The summed E-state index contributed by atoms with van der Waals surface area (Å²) >= 11 is 3.57. The molecule has 0 spiro atoms. The molecule has 1 aliphatic rings. The number of carbonyl (C=O) groups is 1. The van der Waals surface area contributed by atoms with Crippen molar-refractivity contribution in [1.29, 1.82) is 0 Å². The van der Waals surface area contributed by atoms with Crippen LogP contribution in [-0.2, 0) is 4.79 Å². The number of hydrogen-bond donors (Lipinski definition) is 1. The molecule has 1 N–H and O–H groups in total. The Morgan fingerprint density at radius 1 is 1.19 bits per heavy atom. The van der Waals surface area contributed by atoms with Crippen LogP contribution in [0.25, 0.3) is 5.69 Å². The molecule has 1 aromatic heterocycles. The van der Waals surface area contributed by atoms with Crippen molar-refractivity contribution < 1.29 is 4.79 Å². The first kappa shape index (κ1) is 17.0. The summed E-state index contributed by atoms with van der Waals surface area (Å²) in [5.41, 5.74) is 2.90. The number of benzene rings is 2. The molecular formula is C20H19BrN4O. The van der Waals surface area contributed by atoms with Crippen LogP contribution in [0.1, 0.15) is 36.6 Å². The molecule has 1 aliphatic carbocycles. The van der Waals surface area contributed by atoms with Gasteiger partial charge in [0, 0.05) is 10.4 Å². The minimum absolute atomic E-state index is 0.0281. The zero-order valence-corrected chi connectivity index (χ0v) is 15.9. The Labute approximate surface area is 160 Å². The minimum Gasteiger partial charge on any atom is -0.348 e. The van der Waals surface area contributed by atoms with E-state index in [2.05, 4.69) is 37.6 Å². The van der Waals surface area contributed by atoms with E-state index in [-0.39, 0.29) is 23.8 Å². The second-order valence-electron chi connectivity index (χ2n) is 6.62. The Kier molecular flexibility index (Phi) is 4.59. The van der Waals surface area contributed by atoms with Crippen molar-refractivity contribution in [3.63, 3.8) is 0 Å². The SMILES string of the molecule is C[C@H](NC(=O)[C@H]1C[C@H]1c1ccccc1Br)c1cn(-c2ccccc2)nn1. The van der Waals surface area contributed by atoms with Crippen LogP contribution in [0.3, 0.4) is 0 Å². The largest absolute Gasteiger partial charge is 0.348 e. The third-order valence-corrected chi connectivity index (χ3v) is 5.49. The number of halogens is 1. The van der Waals surface area contributed by atoms with Crippen molar-refractivity contribution in [2.75, 3.05) is 0 Å². The number of nitrogens with one attached hydrogen (secondary N) is 1. The van der Waals surface area contributed by atoms with E-state index in [0.29, 0.717) is 0 Å². The molecule has 0 saturated heterocycles. The third-order valence-electron chi connectivity index (χ3n) is 4.77. The maximum Gasteiger partial charge on any atom is 0.224 e. The number of hydrogen-bond acceptors (Lipinski definition) is 3. The number of nitrogens with zero attached hydrogens (tertiary/aromatic N) is 3. The average Bonchev–Trinajstić information content (AvgIpc) is 3.30. The first-order chi connectivity index (χ1) is 12.6. The topological polar surface area (TPSA) is 59.8 Å². The second kappa shape index (κ2) is 7.03. The van der Waals surface area contributed by atoms with Crippen LogP contribution in [0.5, 0.6) is 0 Å². The summed E-state index contributed by atoms with van der Waals surface area (Å²) in [6.45, 7) is 1.94. The lowest BCUT2D eigenvalue weighted by molar-refractivity contribution is -0.123. The number of para-hydroxylation sites is 1. The normalized spacial score (nSPS) is 19.8. The van der Waals surface area contributed by atoms with Gasteiger partial charge in [-0.25, -0.2) is 4.68 Å². The lowest BCUT2D eigenvalue weighted by atomic mass is 10.1. The second-order valence-corrected chi connectivity index (χ2v) is 7.48. The van der Waals surface area contributed by atoms with Gasteiger partial charge in [0.1, 0.15) is 5.69 Å². The summed E-state index contributed by atoms with van der Waals surface area (Å²) in [5, 5.41) is 11.4. The molecule has 1 fully saturated rings. The molecule has 6 heteroatoms. The van der Waals surface area contributed by atoms with E-state index in [1.165, 1.54) is 5.56 Å². The highest BCUT2D eigenvalue weighted by Crippen LogP contribution is 2.49. The number of carbonyl (C=O) groups excluding carboxylic acids is 1. The van der Waals surface area contributed by atoms with E-state index >= 15 is 0 Å². The molecule has 1 heterocycles. The van der Waals surface area contributed by atoms with Crippen molar-refractivity contribution in [1.82, 2.24) is 20.3 Å². The van der Waals surface area contributed by atoms with E-state index in [1.54, 1.807) is 4.68 Å². The summed E-state index contributed by atoms with van der Waals surface area (Å²) in [4.78, 5) is 12.6. The maximum absolute atomic E-state index is 12.6. The van der Waals surface area contributed by atoms with Gasteiger partial charge >= 0.3 is 0 Å². The van der Waals surface area contributed by atoms with Gasteiger partial charge in [0.2, 0.25) is 5.91 Å². The van der Waals surface area contributed by atoms with Crippen LogP contribution in [0.4, 0.5) is 0 Å². The van der Waals surface area contributed by atoms with Crippen LogP contribution in [-0.4, -0.2) is 20.9 Å². The van der Waals surface area contributed by atoms with E-state index in [9.17, 15) is 4.79 Å². The molecule has 2 aromatic carbocycles. The fourth-order valence-electron chi connectivity index (χ4n) is 3.18. The van der Waals surface area contributed by atoms with Gasteiger partial charge in [0.25, 0.3) is 0 Å². The first-order valence-corrected chi connectivity index (χ1v) is 9.45. The summed E-state index contributed by atoms with van der Waals surface area (Å²) in [7, 11) is 0. The molecular weight excluding hydrogens is 392 g/mol. The van der Waals surface area contributed by atoms with Gasteiger partial charge in [-0.05, 0) is 43.0 Å². The number of rotatable bonds is 5. The number of aromatic nitrogens is 3. The number of amides is 1. The zero-order chi connectivity index (χ0) is 18.1. The van der Waals surface area contributed by atoms with E-state index < -0.39 is 0 Å². The van der Waals surface area contributed by atoms with Crippen molar-refractivity contribution in [2.24, 2.45) is 5.92 Å². The van der Waals surface area contributed by atoms with Gasteiger partial charge in [-0.2, -0.15) is 0 Å². The van der Waals surface area contributed by atoms with E-state index in [1.807, 2.05) is 61.7 Å². The predicted molar refractivity (Wildman–Crippen MR) is 103 cm³/mol. The lowest BCUT2D eigenvalue weighted by Crippen LogP contribution is -2.28. The summed E-state index contributed by atoms with van der Waals surface area (Å²) in [6, 6.07) is 17.7. The van der Waals surface area contributed by atoms with Crippen LogP contribution < -0.4 is 5.32 Å². The Morgan fingerprint density at radius 2 is 1.92 bits per heavy atom. The molecule has 0 radical (unpaired) electrons. The summed E-state index contributed by atoms with van der Waals surface area (Å²) in [5.74, 6) is 0.394. The highest BCUT2D eigenvalue weighted by atomic mass is 79.9. The first-order valence-electron chi connectivity index (χ1n) is 8.66. The van der Waals surface area contributed by atoms with Crippen molar-refractivity contribution in [3.8, 4) is 5.69 Å². The van der Waals surface area contributed by atoms with Gasteiger partial charge in [-0.15, -0.1) is 5.10 Å². The van der Waals surface area contributed by atoms with E-state index in [0.717, 1.165) is 22.3 Å². The molecule has 3 aromatic rings. The Hall–Kier alpha value is -2.47. The minimum atomic E-state index is -0.180. The fourth-order valence-corrected chi connectivity index (χ4v) is 3.76. The third kappa shape index (κ3) is 3.42. The van der Waals surface area contributed by atoms with E-state index in [4.69, 9.17) is 0 Å². The van der Waals surface area contributed by atoms with Crippen LogP contribution >= 0.6 is 15.9 Å². The van der Waals surface area contributed by atoms with Crippen LogP contribution in [0.2, 0.25) is 0 Å². The fraction of sp³-hybridized carbons (Fsp3) is 0.250. The molecule has 0 aliphatic heterocycles. The molecule has 4 rings (SSSR count). The molecule has 1 amide bonds. The van der Waals surface area contributed by atoms with Gasteiger partial charge < -0.3 is 5.32 Å². The summed E-state index contributed by atoms with van der Waals surface area (Å²) < 4.78 is 2.79. The van der Waals surface area contributed by atoms with Gasteiger partial charge in [-0.1, -0.05) is 57.5 Å². The molecule has 26 heavy (non-hydrogen) atoms. The molecule has 1 saturated carbocycles. The highest BCUT2D eigenvalue weighted by molar-refractivity contribution is 9.10. The Bertz CT molecular complexity index is 924. The standard InChI is InChI=1S/C20H19BrN4O/c1-13(19-12-25(24-23-19)14-7-3-2-4-8-14)22-20(26)17-11-16(17)15-9-5-6-10-18(15)21/h2-10,12-13,16-17H,11H2,1H3,(H,22,26)/t13-,16-,17-/m0/s1. The predicted octanol–water partition coefficient (Wildman–Crippen LogP) is 4.01. The van der Waals surface area contributed by atoms with Gasteiger partial charge in [0.15, 0.2) is 0 Å². The van der Waals surface area contributed by atoms with Gasteiger partial charge in [0.05, 0.1) is 17.9 Å². The molecule has 5 nitrogen and oxygen atoms in total. The van der Waals surface area contributed by atoms with Crippen molar-refractivity contribution in [3.05, 3.63) is 76.5 Å². The smallest absolute Gasteiger partial charge is 0.224 e. The van der Waals surface area contributed by atoms with Crippen molar-refractivity contribution in [2.45, 2.75) is 25.3 Å². The molecule has 0 bridgehead atoms. The van der Waals surface area contributed by atoms with Crippen molar-refractivity contribution >= 4 is 21.8 Å². The van der Waals surface area contributed by atoms with Crippen LogP contribution in [0, 0.1) is 5.92 Å². The molecule has 132 valence electrons. The van der Waals surface area contributed by atoms with Gasteiger partial charge in [-0.3, -0.25) is 4.79 Å². The monoisotopic (exact) mass is 410 g/mol. The van der Waals surface area contributed by atoms with Crippen LogP contribution in [0.15, 0.2) is 65.3 Å². The Balaban J connectivity index is 1.40. The highest BCUT2D eigenvalue weighted by Gasteiger charge is 2.45. The summed E-state index contributed by atoms with van der Waals surface area (Å²) in [6.07, 6.45) is 2.75. The zero-order valence-electron chi connectivity index (χ0n) is 14.3. The quantitative estimate of drug-likeness (QED) is 0.690. The molecule has 0 unspecified atom stereocenters. The molecule has 3 atom stereocenters. The Morgan fingerprint density at radius 3 is 2.69 bits per heavy atom. The maximum atomic E-state index is 12.6. The lowest BCUT2D eigenvalue weighted by Gasteiger charge is -2.11. The average molecular weight is 411 g/mol.